The van der Waals surface area contributed by atoms with E-state index in [1.165, 1.54) is 12.1 Å². The van der Waals surface area contributed by atoms with E-state index in [9.17, 15) is 9.50 Å². The second-order valence-corrected chi connectivity index (χ2v) is 4.32. The van der Waals surface area contributed by atoms with E-state index in [2.05, 4.69) is 6.92 Å². The Bertz CT molecular complexity index is 365. The van der Waals surface area contributed by atoms with Gasteiger partial charge in [-0.2, -0.15) is 0 Å². The topological polar surface area (TPSA) is 29.5 Å². The van der Waals surface area contributed by atoms with Gasteiger partial charge < -0.3 is 9.84 Å². The Morgan fingerprint density at radius 2 is 2.31 bits per heavy atom. The molecule has 1 aliphatic rings. The van der Waals surface area contributed by atoms with Crippen LogP contribution in [0.2, 0.25) is 0 Å². The Morgan fingerprint density at radius 3 is 3.06 bits per heavy atom. The molecule has 1 aromatic carbocycles. The zero-order chi connectivity index (χ0) is 11.5. The van der Waals surface area contributed by atoms with Crippen molar-refractivity contribution in [2.45, 2.75) is 44.8 Å². The minimum Gasteiger partial charge on any atom is -0.490 e. The van der Waals surface area contributed by atoms with Crippen molar-refractivity contribution in [1.29, 1.82) is 0 Å². The van der Waals surface area contributed by atoms with Crippen LogP contribution < -0.4 is 4.74 Å². The number of rotatable bonds is 3. The number of benzene rings is 1. The zero-order valence-corrected chi connectivity index (χ0v) is 9.45. The third-order valence-electron chi connectivity index (χ3n) is 2.99. The Hall–Kier alpha value is -1.09. The molecular formula is C13H17FO2. The first-order valence-corrected chi connectivity index (χ1v) is 5.85. The van der Waals surface area contributed by atoms with Crippen LogP contribution in [0.3, 0.4) is 0 Å². The Kier molecular flexibility index (Phi) is 3.44. The summed E-state index contributed by atoms with van der Waals surface area (Å²) in [7, 11) is 0. The number of aliphatic hydroxyl groups excluding tert-OH is 1. The molecule has 16 heavy (non-hydrogen) atoms. The Morgan fingerprint density at radius 1 is 1.50 bits per heavy atom. The highest BCUT2D eigenvalue weighted by Crippen LogP contribution is 2.36. The standard InChI is InChI=1S/C13H17FO2/c1-2-3-4-10-8-12(15)11-6-5-9(14)7-13(11)16-10/h5-7,10,12,15H,2-4,8H2,1H3. The number of hydrogen-bond acceptors (Lipinski definition) is 2. The minimum absolute atomic E-state index is 0.0178. The van der Waals surface area contributed by atoms with E-state index in [-0.39, 0.29) is 11.9 Å². The van der Waals surface area contributed by atoms with Crippen LogP contribution in [0.1, 0.15) is 44.3 Å². The summed E-state index contributed by atoms with van der Waals surface area (Å²) in [5, 5.41) is 9.92. The first kappa shape index (κ1) is 11.4. The predicted octanol–water partition coefficient (Wildman–Crippen LogP) is 3.20. The van der Waals surface area contributed by atoms with Gasteiger partial charge in [-0.1, -0.05) is 19.8 Å². The highest BCUT2D eigenvalue weighted by molar-refractivity contribution is 5.37. The van der Waals surface area contributed by atoms with E-state index < -0.39 is 6.10 Å². The van der Waals surface area contributed by atoms with Crippen molar-refractivity contribution in [3.8, 4) is 5.75 Å². The lowest BCUT2D eigenvalue weighted by atomic mass is 9.96. The summed E-state index contributed by atoms with van der Waals surface area (Å²) in [6.07, 6.45) is 3.20. The largest absolute Gasteiger partial charge is 0.490 e. The van der Waals surface area contributed by atoms with Crippen molar-refractivity contribution in [3.05, 3.63) is 29.6 Å². The smallest absolute Gasteiger partial charge is 0.128 e. The molecule has 2 atom stereocenters. The molecule has 0 aromatic heterocycles. The third-order valence-corrected chi connectivity index (χ3v) is 2.99. The minimum atomic E-state index is -0.522. The fourth-order valence-corrected chi connectivity index (χ4v) is 2.10. The molecule has 2 nitrogen and oxygen atoms in total. The van der Waals surface area contributed by atoms with Crippen molar-refractivity contribution >= 4 is 0 Å². The van der Waals surface area contributed by atoms with Crippen molar-refractivity contribution in [2.24, 2.45) is 0 Å². The average Bonchev–Trinajstić information content (AvgIpc) is 2.25. The van der Waals surface area contributed by atoms with Crippen LogP contribution >= 0.6 is 0 Å². The van der Waals surface area contributed by atoms with E-state index >= 15 is 0 Å². The van der Waals surface area contributed by atoms with Crippen LogP contribution in [-0.2, 0) is 0 Å². The molecule has 2 rings (SSSR count). The van der Waals surface area contributed by atoms with Crippen molar-refractivity contribution < 1.29 is 14.2 Å². The number of halogens is 1. The van der Waals surface area contributed by atoms with E-state index in [1.807, 2.05) is 0 Å². The first-order chi connectivity index (χ1) is 7.70. The first-order valence-electron chi connectivity index (χ1n) is 5.85. The molecule has 1 heterocycles. The maximum atomic E-state index is 13.0. The van der Waals surface area contributed by atoms with Gasteiger partial charge in [-0.3, -0.25) is 0 Å². The van der Waals surface area contributed by atoms with Gasteiger partial charge in [0.25, 0.3) is 0 Å². The summed E-state index contributed by atoms with van der Waals surface area (Å²) < 4.78 is 18.7. The van der Waals surface area contributed by atoms with E-state index in [1.54, 1.807) is 6.07 Å². The Balaban J connectivity index is 2.14. The number of hydrogen-bond donors (Lipinski definition) is 1. The van der Waals surface area contributed by atoms with Crippen molar-refractivity contribution in [2.75, 3.05) is 0 Å². The van der Waals surface area contributed by atoms with Crippen LogP contribution in [0.5, 0.6) is 5.75 Å². The van der Waals surface area contributed by atoms with Gasteiger partial charge in [0, 0.05) is 18.1 Å². The number of ether oxygens (including phenoxy) is 1. The molecule has 0 fully saturated rings. The lowest BCUT2D eigenvalue weighted by molar-refractivity contribution is 0.0604. The molecule has 3 heteroatoms. The molecule has 0 spiro atoms. The monoisotopic (exact) mass is 224 g/mol. The highest BCUT2D eigenvalue weighted by atomic mass is 19.1. The lowest BCUT2D eigenvalue weighted by Crippen LogP contribution is -2.25. The fraction of sp³-hybridized carbons (Fsp3) is 0.538. The summed E-state index contributed by atoms with van der Waals surface area (Å²) in [6.45, 7) is 2.12. The van der Waals surface area contributed by atoms with Gasteiger partial charge in [0.1, 0.15) is 17.7 Å². The Labute approximate surface area is 95.1 Å². The maximum absolute atomic E-state index is 13.0. The molecule has 0 bridgehead atoms. The number of unbranched alkanes of at least 4 members (excludes halogenated alkanes) is 1. The lowest BCUT2D eigenvalue weighted by Gasteiger charge is -2.29. The molecule has 0 amide bonds. The molecular weight excluding hydrogens is 207 g/mol. The molecule has 0 aliphatic carbocycles. The van der Waals surface area contributed by atoms with Gasteiger partial charge in [0.05, 0.1) is 6.10 Å². The molecule has 1 N–H and O–H groups in total. The van der Waals surface area contributed by atoms with Gasteiger partial charge in [-0.25, -0.2) is 4.39 Å². The highest BCUT2D eigenvalue weighted by Gasteiger charge is 2.26. The van der Waals surface area contributed by atoms with Gasteiger partial charge in [0.2, 0.25) is 0 Å². The number of aliphatic hydroxyl groups is 1. The molecule has 0 saturated carbocycles. The van der Waals surface area contributed by atoms with E-state index in [0.717, 1.165) is 19.3 Å². The molecule has 1 aromatic rings. The van der Waals surface area contributed by atoms with E-state index in [0.29, 0.717) is 17.7 Å². The van der Waals surface area contributed by atoms with Crippen molar-refractivity contribution in [3.63, 3.8) is 0 Å². The quantitative estimate of drug-likeness (QED) is 0.854. The van der Waals surface area contributed by atoms with Gasteiger partial charge >= 0.3 is 0 Å². The predicted molar refractivity (Wildman–Crippen MR) is 59.9 cm³/mol. The summed E-state index contributed by atoms with van der Waals surface area (Å²) in [6, 6.07) is 4.32. The molecule has 2 unspecified atom stereocenters. The summed E-state index contributed by atoms with van der Waals surface area (Å²) >= 11 is 0. The number of fused-ring (bicyclic) bond motifs is 1. The van der Waals surface area contributed by atoms with Gasteiger partial charge in [-0.05, 0) is 18.6 Å². The zero-order valence-electron chi connectivity index (χ0n) is 9.45. The molecule has 88 valence electrons. The fourth-order valence-electron chi connectivity index (χ4n) is 2.10. The summed E-state index contributed by atoms with van der Waals surface area (Å²) in [5.41, 5.74) is 0.703. The van der Waals surface area contributed by atoms with Gasteiger partial charge in [-0.15, -0.1) is 0 Å². The normalized spacial score (nSPS) is 23.7. The molecule has 1 aliphatic heterocycles. The average molecular weight is 224 g/mol. The SMILES string of the molecule is CCCCC1CC(O)c2ccc(F)cc2O1. The second kappa shape index (κ2) is 4.83. The van der Waals surface area contributed by atoms with Crippen molar-refractivity contribution in [1.82, 2.24) is 0 Å². The van der Waals surface area contributed by atoms with Crippen LogP contribution in [0.4, 0.5) is 4.39 Å². The second-order valence-electron chi connectivity index (χ2n) is 4.32. The van der Waals surface area contributed by atoms with Crippen LogP contribution in [0, 0.1) is 5.82 Å². The maximum Gasteiger partial charge on any atom is 0.128 e. The van der Waals surface area contributed by atoms with Crippen LogP contribution in [0.15, 0.2) is 18.2 Å². The molecule has 0 saturated heterocycles. The van der Waals surface area contributed by atoms with E-state index in [4.69, 9.17) is 4.74 Å². The summed E-state index contributed by atoms with van der Waals surface area (Å²) in [4.78, 5) is 0. The third kappa shape index (κ3) is 2.35. The summed E-state index contributed by atoms with van der Waals surface area (Å²) in [5.74, 6) is 0.182. The van der Waals surface area contributed by atoms with Gasteiger partial charge in [0.15, 0.2) is 0 Å². The van der Waals surface area contributed by atoms with Crippen LogP contribution in [-0.4, -0.2) is 11.2 Å². The van der Waals surface area contributed by atoms with Crippen LogP contribution in [0.25, 0.3) is 0 Å². The molecule has 0 radical (unpaired) electrons.